The van der Waals surface area contributed by atoms with E-state index in [1.165, 1.54) is 0 Å². The number of hydrogen-bond acceptors (Lipinski definition) is 5. The van der Waals surface area contributed by atoms with Gasteiger partial charge in [0.1, 0.15) is 18.2 Å². The zero-order valence-corrected chi connectivity index (χ0v) is 20.4. The molecule has 1 aromatic heterocycles. The van der Waals surface area contributed by atoms with Gasteiger partial charge in [0.15, 0.2) is 0 Å². The quantitative estimate of drug-likeness (QED) is 0.553. The molecule has 3 aromatic rings. The number of aromatic nitrogens is 2. The number of amides is 1. The molecule has 1 aliphatic heterocycles. The van der Waals surface area contributed by atoms with Crippen LogP contribution in [0.15, 0.2) is 66.7 Å². The van der Waals surface area contributed by atoms with Crippen LogP contribution in [0.1, 0.15) is 26.5 Å². The molecule has 0 saturated carbocycles. The topological polar surface area (TPSA) is 62.6 Å². The largest absolute Gasteiger partial charge is 0.492 e. The minimum Gasteiger partial charge on any atom is -0.492 e. The van der Waals surface area contributed by atoms with Gasteiger partial charge in [-0.1, -0.05) is 57.2 Å². The smallest absolute Gasteiger partial charge is 0.239 e. The summed E-state index contributed by atoms with van der Waals surface area (Å²) in [4.78, 5) is 17.5. The lowest BCUT2D eigenvalue weighted by molar-refractivity contribution is -0.117. The first-order chi connectivity index (χ1) is 16.4. The molecule has 0 radical (unpaired) electrons. The number of carbonyl (C=O) groups is 1. The van der Waals surface area contributed by atoms with Crippen molar-refractivity contribution in [3.8, 4) is 11.4 Å². The molecule has 34 heavy (non-hydrogen) atoms. The van der Waals surface area contributed by atoms with Crippen molar-refractivity contribution < 1.29 is 9.53 Å². The van der Waals surface area contributed by atoms with Crippen LogP contribution in [0, 0.1) is 0 Å². The maximum atomic E-state index is 12.9. The molecule has 1 amide bonds. The summed E-state index contributed by atoms with van der Waals surface area (Å²) in [5.41, 5.74) is 1.76. The number of hydrogen-bond donors (Lipinski definition) is 1. The molecule has 1 aliphatic rings. The molecule has 0 aliphatic carbocycles. The molecule has 7 heteroatoms. The SMILES string of the molecule is CC(C)(C)c1cc(NC(=O)CN2CCN(CCOc3ccccc3)CC2)n(-c2ccccc2)n1. The van der Waals surface area contributed by atoms with E-state index in [-0.39, 0.29) is 11.3 Å². The Balaban J connectivity index is 1.28. The van der Waals surface area contributed by atoms with E-state index in [2.05, 4.69) is 35.9 Å². The van der Waals surface area contributed by atoms with Crippen LogP contribution in [-0.4, -0.2) is 71.4 Å². The van der Waals surface area contributed by atoms with Gasteiger partial charge in [-0.25, -0.2) is 4.68 Å². The van der Waals surface area contributed by atoms with E-state index in [0.717, 1.165) is 49.9 Å². The second-order valence-corrected chi connectivity index (χ2v) is 9.74. The van der Waals surface area contributed by atoms with Crippen molar-refractivity contribution in [2.75, 3.05) is 51.2 Å². The molecule has 0 unspecified atom stereocenters. The summed E-state index contributed by atoms with van der Waals surface area (Å²) in [5, 5.41) is 7.88. The number of anilines is 1. The van der Waals surface area contributed by atoms with Crippen LogP contribution in [0.25, 0.3) is 5.69 Å². The number of para-hydroxylation sites is 2. The number of nitrogens with zero attached hydrogens (tertiary/aromatic N) is 4. The van der Waals surface area contributed by atoms with Gasteiger partial charge in [-0.2, -0.15) is 5.10 Å². The van der Waals surface area contributed by atoms with Crippen LogP contribution in [0.3, 0.4) is 0 Å². The second-order valence-electron chi connectivity index (χ2n) is 9.74. The first kappa shape index (κ1) is 24.0. The number of piperazine rings is 1. The Morgan fingerprint density at radius 1 is 0.941 bits per heavy atom. The van der Waals surface area contributed by atoms with Crippen LogP contribution in [0.5, 0.6) is 5.75 Å². The number of carbonyl (C=O) groups excluding carboxylic acids is 1. The summed E-state index contributed by atoms with van der Waals surface area (Å²) in [7, 11) is 0. The standard InChI is InChI=1S/C27H35N5O2/c1-27(2,3)24-20-25(32(29-24)22-10-6-4-7-11-22)28-26(33)21-31-16-14-30(15-17-31)18-19-34-23-12-8-5-9-13-23/h4-13,20H,14-19,21H2,1-3H3,(H,28,33). The molecule has 2 aromatic carbocycles. The lowest BCUT2D eigenvalue weighted by Gasteiger charge is -2.34. The van der Waals surface area contributed by atoms with E-state index in [1.807, 2.05) is 71.4 Å². The van der Waals surface area contributed by atoms with Crippen molar-refractivity contribution in [2.24, 2.45) is 0 Å². The highest BCUT2D eigenvalue weighted by Crippen LogP contribution is 2.26. The van der Waals surface area contributed by atoms with Crippen LogP contribution in [0.4, 0.5) is 5.82 Å². The maximum Gasteiger partial charge on any atom is 0.239 e. The van der Waals surface area contributed by atoms with Gasteiger partial charge in [0.05, 0.1) is 17.9 Å². The van der Waals surface area contributed by atoms with Gasteiger partial charge in [-0.15, -0.1) is 0 Å². The van der Waals surface area contributed by atoms with Gasteiger partial charge < -0.3 is 10.1 Å². The lowest BCUT2D eigenvalue weighted by atomic mass is 9.92. The minimum atomic E-state index is -0.111. The normalized spacial score (nSPS) is 15.3. The maximum absolute atomic E-state index is 12.9. The highest BCUT2D eigenvalue weighted by molar-refractivity contribution is 5.91. The monoisotopic (exact) mass is 461 g/mol. The first-order valence-corrected chi connectivity index (χ1v) is 12.0. The third-order valence-electron chi connectivity index (χ3n) is 6.00. The Hall–Kier alpha value is -3.16. The van der Waals surface area contributed by atoms with Gasteiger partial charge in [0, 0.05) is 44.2 Å². The van der Waals surface area contributed by atoms with E-state index >= 15 is 0 Å². The zero-order valence-electron chi connectivity index (χ0n) is 20.4. The Bertz CT molecular complexity index is 1050. The number of benzene rings is 2. The second kappa shape index (κ2) is 10.8. The molecule has 0 bridgehead atoms. The van der Waals surface area contributed by atoms with Gasteiger partial charge >= 0.3 is 0 Å². The zero-order chi connectivity index (χ0) is 24.0. The number of nitrogens with one attached hydrogen (secondary N) is 1. The van der Waals surface area contributed by atoms with Crippen molar-refractivity contribution in [2.45, 2.75) is 26.2 Å². The highest BCUT2D eigenvalue weighted by atomic mass is 16.5. The van der Waals surface area contributed by atoms with Crippen molar-refractivity contribution in [1.82, 2.24) is 19.6 Å². The average molecular weight is 462 g/mol. The van der Waals surface area contributed by atoms with E-state index in [9.17, 15) is 4.79 Å². The van der Waals surface area contributed by atoms with Gasteiger partial charge in [-0.05, 0) is 24.3 Å². The molecule has 0 atom stereocenters. The highest BCUT2D eigenvalue weighted by Gasteiger charge is 2.23. The van der Waals surface area contributed by atoms with E-state index < -0.39 is 0 Å². The van der Waals surface area contributed by atoms with Crippen molar-refractivity contribution >= 4 is 11.7 Å². The van der Waals surface area contributed by atoms with Gasteiger partial charge in [-0.3, -0.25) is 14.6 Å². The molecular weight excluding hydrogens is 426 g/mol. The summed E-state index contributed by atoms with van der Waals surface area (Å²) >= 11 is 0. The average Bonchev–Trinajstić information content (AvgIpc) is 3.26. The third kappa shape index (κ3) is 6.46. The summed E-state index contributed by atoms with van der Waals surface area (Å²) in [6.45, 7) is 11.9. The minimum absolute atomic E-state index is 0.0154. The van der Waals surface area contributed by atoms with Crippen LogP contribution in [-0.2, 0) is 10.2 Å². The van der Waals surface area contributed by atoms with Crippen LogP contribution >= 0.6 is 0 Å². The van der Waals surface area contributed by atoms with E-state index in [4.69, 9.17) is 9.84 Å². The molecule has 180 valence electrons. The molecule has 1 fully saturated rings. The van der Waals surface area contributed by atoms with Crippen molar-refractivity contribution in [3.05, 3.63) is 72.4 Å². The first-order valence-electron chi connectivity index (χ1n) is 12.0. The fourth-order valence-corrected chi connectivity index (χ4v) is 3.97. The molecule has 1 saturated heterocycles. The van der Waals surface area contributed by atoms with Gasteiger partial charge in [0.2, 0.25) is 5.91 Å². The molecule has 2 heterocycles. The van der Waals surface area contributed by atoms with Crippen molar-refractivity contribution in [3.63, 3.8) is 0 Å². The number of ether oxygens (including phenoxy) is 1. The molecular formula is C27H35N5O2. The summed E-state index contributed by atoms with van der Waals surface area (Å²) in [6, 6.07) is 21.8. The Kier molecular flexibility index (Phi) is 7.65. The Morgan fingerprint density at radius 3 is 2.21 bits per heavy atom. The predicted molar refractivity (Wildman–Crippen MR) is 136 cm³/mol. The Morgan fingerprint density at radius 2 is 1.56 bits per heavy atom. The molecule has 0 spiro atoms. The van der Waals surface area contributed by atoms with Gasteiger partial charge in [0.25, 0.3) is 0 Å². The lowest BCUT2D eigenvalue weighted by Crippen LogP contribution is -2.49. The molecule has 4 rings (SSSR count). The molecule has 1 N–H and O–H groups in total. The third-order valence-corrected chi connectivity index (χ3v) is 6.00. The van der Waals surface area contributed by atoms with Crippen molar-refractivity contribution in [1.29, 1.82) is 0 Å². The fourth-order valence-electron chi connectivity index (χ4n) is 3.97. The summed E-state index contributed by atoms with van der Waals surface area (Å²) in [5.74, 6) is 1.60. The molecule has 7 nitrogen and oxygen atoms in total. The number of rotatable bonds is 8. The van der Waals surface area contributed by atoms with Crippen LogP contribution in [0.2, 0.25) is 0 Å². The van der Waals surface area contributed by atoms with E-state index in [0.29, 0.717) is 19.0 Å². The summed E-state index contributed by atoms with van der Waals surface area (Å²) in [6.07, 6.45) is 0. The predicted octanol–water partition coefficient (Wildman–Crippen LogP) is 3.80. The Labute approximate surface area is 202 Å². The van der Waals surface area contributed by atoms with E-state index in [1.54, 1.807) is 0 Å². The summed E-state index contributed by atoms with van der Waals surface area (Å²) < 4.78 is 7.63. The fraction of sp³-hybridized carbons (Fsp3) is 0.407. The van der Waals surface area contributed by atoms with Crippen LogP contribution < -0.4 is 10.1 Å².